The molecule has 1 nitrogen and oxygen atoms in total. The number of hydrogen-bond acceptors (Lipinski definition) is 1. The molecule has 0 heterocycles. The van der Waals surface area contributed by atoms with Crippen molar-refractivity contribution in [2.24, 2.45) is 0 Å². The van der Waals surface area contributed by atoms with Crippen LogP contribution in [0.3, 0.4) is 0 Å². The zero-order chi connectivity index (χ0) is 10.0. The largest absolute Gasteiger partial charge is 0.375 e. The Kier molecular flexibility index (Phi) is 2.86. The Morgan fingerprint density at radius 3 is 2.31 bits per heavy atom. The molecule has 0 aliphatic rings. The third-order valence-corrected chi connectivity index (χ3v) is 2.12. The minimum Gasteiger partial charge on any atom is -0.375 e. The topological polar surface area (TPSA) is 3.24 Å². The van der Waals surface area contributed by atoms with E-state index in [1.165, 1.54) is 12.1 Å². The molecule has 0 saturated heterocycles. The van der Waals surface area contributed by atoms with E-state index in [-0.39, 0.29) is 0 Å². The van der Waals surface area contributed by atoms with Crippen LogP contribution in [0.1, 0.15) is 12.5 Å². The molecule has 0 aromatic heterocycles. The number of aryl methyl sites for hydroxylation is 1. The van der Waals surface area contributed by atoms with Crippen molar-refractivity contribution in [2.75, 3.05) is 18.5 Å². The van der Waals surface area contributed by atoms with Gasteiger partial charge in [-0.2, -0.15) is 0 Å². The van der Waals surface area contributed by atoms with Gasteiger partial charge >= 0.3 is 0 Å². The third kappa shape index (κ3) is 1.97. The molecule has 1 aromatic carbocycles. The van der Waals surface area contributed by atoms with E-state index in [2.05, 4.69) is 0 Å². The SMILES string of the molecule is CCN(C)c1cc(F)c(F)cc1C. The molecule has 0 bridgehead atoms. The summed E-state index contributed by atoms with van der Waals surface area (Å²) in [5.41, 5.74) is 1.49. The van der Waals surface area contributed by atoms with E-state index in [0.29, 0.717) is 0 Å². The predicted molar refractivity (Wildman–Crippen MR) is 50.0 cm³/mol. The van der Waals surface area contributed by atoms with Gasteiger partial charge in [-0.25, -0.2) is 8.78 Å². The Morgan fingerprint density at radius 1 is 1.23 bits per heavy atom. The Hall–Kier alpha value is -1.12. The molecule has 3 heteroatoms. The van der Waals surface area contributed by atoms with Crippen molar-refractivity contribution >= 4 is 5.69 Å². The highest BCUT2D eigenvalue weighted by atomic mass is 19.2. The molecule has 0 aliphatic carbocycles. The number of rotatable bonds is 2. The van der Waals surface area contributed by atoms with Gasteiger partial charge in [0.15, 0.2) is 11.6 Å². The standard InChI is InChI=1S/C10H13F2N/c1-4-13(3)10-6-9(12)8(11)5-7(10)2/h5-6H,4H2,1-3H3. The van der Waals surface area contributed by atoms with Gasteiger partial charge in [-0.05, 0) is 25.5 Å². The van der Waals surface area contributed by atoms with Crippen LogP contribution in [-0.2, 0) is 0 Å². The van der Waals surface area contributed by atoms with E-state index >= 15 is 0 Å². The second-order valence-electron chi connectivity index (χ2n) is 3.07. The molecule has 0 radical (unpaired) electrons. The van der Waals surface area contributed by atoms with Gasteiger partial charge in [0.2, 0.25) is 0 Å². The third-order valence-electron chi connectivity index (χ3n) is 2.12. The maximum atomic E-state index is 12.9. The van der Waals surface area contributed by atoms with Crippen molar-refractivity contribution in [1.82, 2.24) is 0 Å². The first-order chi connectivity index (χ1) is 6.06. The minimum atomic E-state index is -0.791. The second kappa shape index (κ2) is 3.73. The zero-order valence-electron chi connectivity index (χ0n) is 8.06. The summed E-state index contributed by atoms with van der Waals surface area (Å²) in [4.78, 5) is 1.87. The summed E-state index contributed by atoms with van der Waals surface area (Å²) >= 11 is 0. The summed E-state index contributed by atoms with van der Waals surface area (Å²) in [5, 5.41) is 0. The van der Waals surface area contributed by atoms with Gasteiger partial charge in [-0.3, -0.25) is 0 Å². The number of halogens is 2. The van der Waals surface area contributed by atoms with Crippen LogP contribution in [-0.4, -0.2) is 13.6 Å². The fourth-order valence-electron chi connectivity index (χ4n) is 1.22. The quantitative estimate of drug-likeness (QED) is 0.684. The molecule has 1 rings (SSSR count). The predicted octanol–water partition coefficient (Wildman–Crippen LogP) is 2.73. The highest BCUT2D eigenvalue weighted by Crippen LogP contribution is 2.21. The maximum Gasteiger partial charge on any atom is 0.160 e. The van der Waals surface area contributed by atoms with Gasteiger partial charge in [0.1, 0.15) is 0 Å². The van der Waals surface area contributed by atoms with Crippen LogP contribution in [0.5, 0.6) is 0 Å². The highest BCUT2D eigenvalue weighted by Gasteiger charge is 2.08. The molecule has 0 unspecified atom stereocenters. The van der Waals surface area contributed by atoms with E-state index in [0.717, 1.165) is 17.8 Å². The number of benzene rings is 1. The lowest BCUT2D eigenvalue weighted by atomic mass is 10.1. The zero-order valence-corrected chi connectivity index (χ0v) is 8.06. The number of anilines is 1. The Labute approximate surface area is 77.0 Å². The van der Waals surface area contributed by atoms with Crippen molar-refractivity contribution < 1.29 is 8.78 Å². The summed E-state index contributed by atoms with van der Waals surface area (Å²) in [7, 11) is 1.85. The maximum absolute atomic E-state index is 12.9. The minimum absolute atomic E-state index is 0.737. The fourth-order valence-corrected chi connectivity index (χ4v) is 1.22. The van der Waals surface area contributed by atoms with Crippen LogP contribution in [0.4, 0.5) is 14.5 Å². The first kappa shape index (κ1) is 9.96. The fraction of sp³-hybridized carbons (Fsp3) is 0.400. The van der Waals surface area contributed by atoms with Crippen LogP contribution in [0.15, 0.2) is 12.1 Å². The average Bonchev–Trinajstić information content (AvgIpc) is 2.10. The van der Waals surface area contributed by atoms with Crippen LogP contribution < -0.4 is 4.90 Å². The van der Waals surface area contributed by atoms with Crippen molar-refractivity contribution in [3.8, 4) is 0 Å². The lowest BCUT2D eigenvalue weighted by Crippen LogP contribution is -2.17. The number of hydrogen-bond donors (Lipinski definition) is 0. The lowest BCUT2D eigenvalue weighted by Gasteiger charge is -2.19. The molecule has 72 valence electrons. The molecule has 0 aliphatic heterocycles. The molecule has 0 spiro atoms. The van der Waals surface area contributed by atoms with Gasteiger partial charge in [-0.1, -0.05) is 0 Å². The van der Waals surface area contributed by atoms with E-state index < -0.39 is 11.6 Å². The van der Waals surface area contributed by atoms with Gasteiger partial charge in [0.25, 0.3) is 0 Å². The van der Waals surface area contributed by atoms with Gasteiger partial charge in [0.05, 0.1) is 0 Å². The van der Waals surface area contributed by atoms with E-state index in [1.807, 2.05) is 18.9 Å². The van der Waals surface area contributed by atoms with Crippen LogP contribution in [0.2, 0.25) is 0 Å². The van der Waals surface area contributed by atoms with Gasteiger partial charge in [-0.15, -0.1) is 0 Å². The average molecular weight is 185 g/mol. The Balaban J connectivity index is 3.15. The van der Waals surface area contributed by atoms with E-state index in [9.17, 15) is 8.78 Å². The highest BCUT2D eigenvalue weighted by molar-refractivity contribution is 5.52. The molecule has 0 saturated carbocycles. The lowest BCUT2D eigenvalue weighted by molar-refractivity contribution is 0.507. The Bertz CT molecular complexity index is 310. The van der Waals surface area contributed by atoms with Gasteiger partial charge in [0, 0.05) is 25.3 Å². The molecule has 0 N–H and O–H groups in total. The summed E-state index contributed by atoms with van der Waals surface area (Å²) in [6.07, 6.45) is 0. The van der Waals surface area contributed by atoms with Crippen molar-refractivity contribution in [3.63, 3.8) is 0 Å². The molecule has 1 aromatic rings. The Morgan fingerprint density at radius 2 is 1.77 bits per heavy atom. The molecular formula is C10H13F2N. The normalized spacial score (nSPS) is 10.2. The van der Waals surface area contributed by atoms with Crippen LogP contribution >= 0.6 is 0 Å². The van der Waals surface area contributed by atoms with Crippen molar-refractivity contribution in [3.05, 3.63) is 29.3 Å². The van der Waals surface area contributed by atoms with E-state index in [1.54, 1.807) is 6.92 Å². The smallest absolute Gasteiger partial charge is 0.160 e. The first-order valence-electron chi connectivity index (χ1n) is 4.23. The molecule has 0 fully saturated rings. The molecular weight excluding hydrogens is 172 g/mol. The summed E-state index contributed by atoms with van der Waals surface area (Å²) in [6, 6.07) is 2.45. The van der Waals surface area contributed by atoms with E-state index in [4.69, 9.17) is 0 Å². The second-order valence-corrected chi connectivity index (χ2v) is 3.07. The molecule has 0 amide bonds. The van der Waals surface area contributed by atoms with Crippen LogP contribution in [0.25, 0.3) is 0 Å². The summed E-state index contributed by atoms with van der Waals surface area (Å²) in [5.74, 6) is -1.58. The first-order valence-corrected chi connectivity index (χ1v) is 4.23. The summed E-state index contributed by atoms with van der Waals surface area (Å²) in [6.45, 7) is 4.50. The number of nitrogens with zero attached hydrogens (tertiary/aromatic N) is 1. The van der Waals surface area contributed by atoms with Crippen molar-refractivity contribution in [2.45, 2.75) is 13.8 Å². The summed E-state index contributed by atoms with van der Waals surface area (Å²) < 4.78 is 25.6. The molecule has 0 atom stereocenters. The monoisotopic (exact) mass is 185 g/mol. The van der Waals surface area contributed by atoms with Crippen molar-refractivity contribution in [1.29, 1.82) is 0 Å². The van der Waals surface area contributed by atoms with Gasteiger partial charge < -0.3 is 4.90 Å². The molecule has 13 heavy (non-hydrogen) atoms. The van der Waals surface area contributed by atoms with Crippen LogP contribution in [0, 0.1) is 18.6 Å².